The molecule has 8 nitrogen and oxygen atoms in total. The predicted molar refractivity (Wildman–Crippen MR) is 109 cm³/mol. The Balaban J connectivity index is 1.48. The highest BCUT2D eigenvalue weighted by molar-refractivity contribution is 7.89. The topological polar surface area (TPSA) is 103 Å². The van der Waals surface area contributed by atoms with E-state index in [1.54, 1.807) is 29.3 Å². The molecule has 0 spiro atoms. The summed E-state index contributed by atoms with van der Waals surface area (Å²) in [5, 5.41) is 13.4. The van der Waals surface area contributed by atoms with Crippen LogP contribution in [-0.2, 0) is 10.0 Å². The number of fused-ring (bicyclic) bond motifs is 1. The molecule has 2 amide bonds. The quantitative estimate of drug-likeness (QED) is 0.787. The van der Waals surface area contributed by atoms with Gasteiger partial charge in [-0.25, -0.2) is 13.2 Å². The lowest BCUT2D eigenvalue weighted by atomic mass is 10.1. The van der Waals surface area contributed by atoms with Crippen molar-refractivity contribution in [1.82, 2.24) is 19.5 Å². The monoisotopic (exact) mass is 418 g/mol. The highest BCUT2D eigenvalue weighted by atomic mass is 32.2. The van der Waals surface area contributed by atoms with Crippen molar-refractivity contribution < 1.29 is 18.3 Å². The Kier molecular flexibility index (Phi) is 5.71. The van der Waals surface area contributed by atoms with Crippen LogP contribution in [0.3, 0.4) is 0 Å². The van der Waals surface area contributed by atoms with Crippen LogP contribution in [0, 0.1) is 0 Å². The summed E-state index contributed by atoms with van der Waals surface area (Å²) in [6.07, 6.45) is 3.82. The number of sulfonamides is 1. The number of nitrogens with one attached hydrogen (secondary N) is 1. The number of carbonyl (C=O) groups is 1. The first-order chi connectivity index (χ1) is 13.9. The Bertz CT molecular complexity index is 984. The van der Waals surface area contributed by atoms with Gasteiger partial charge in [0.05, 0.1) is 11.6 Å². The van der Waals surface area contributed by atoms with Crippen molar-refractivity contribution in [3.63, 3.8) is 0 Å². The third kappa shape index (κ3) is 4.22. The second kappa shape index (κ2) is 8.25. The largest absolute Gasteiger partial charge is 0.393 e. The van der Waals surface area contributed by atoms with Crippen molar-refractivity contribution in [2.45, 2.75) is 42.7 Å². The first-order valence-corrected chi connectivity index (χ1v) is 11.5. The summed E-state index contributed by atoms with van der Waals surface area (Å²) in [7, 11) is -3.72. The molecule has 1 unspecified atom stereocenters. The number of urea groups is 1. The summed E-state index contributed by atoms with van der Waals surface area (Å²) in [6, 6.07) is 8.36. The number of pyridine rings is 1. The van der Waals surface area contributed by atoms with E-state index in [0.717, 1.165) is 11.8 Å². The first-order valence-electron chi connectivity index (χ1n) is 10.0. The third-order valence-corrected chi connectivity index (χ3v) is 7.57. The zero-order chi connectivity index (χ0) is 20.4. The van der Waals surface area contributed by atoms with Gasteiger partial charge in [0, 0.05) is 43.8 Å². The molecule has 2 fully saturated rings. The summed E-state index contributed by atoms with van der Waals surface area (Å²) >= 11 is 0. The zero-order valence-corrected chi connectivity index (χ0v) is 17.0. The highest BCUT2D eigenvalue weighted by Gasteiger charge is 2.33. The molecule has 1 aromatic carbocycles. The SMILES string of the molecule is O=C(NC1CCCN(S(=O)(=O)c2cccc3cccnc23)C1)N1CCC(O)CC1. The van der Waals surface area contributed by atoms with E-state index < -0.39 is 10.0 Å². The second-order valence-corrected chi connectivity index (χ2v) is 9.61. The van der Waals surface area contributed by atoms with Gasteiger partial charge < -0.3 is 15.3 Å². The number of para-hydroxylation sites is 1. The minimum atomic E-state index is -3.72. The van der Waals surface area contributed by atoms with E-state index in [1.807, 2.05) is 12.1 Å². The molecule has 9 heteroatoms. The maximum absolute atomic E-state index is 13.3. The number of hydrogen-bond acceptors (Lipinski definition) is 5. The van der Waals surface area contributed by atoms with Crippen molar-refractivity contribution in [1.29, 1.82) is 0 Å². The van der Waals surface area contributed by atoms with Crippen molar-refractivity contribution in [3.05, 3.63) is 36.5 Å². The summed E-state index contributed by atoms with van der Waals surface area (Å²) in [4.78, 5) is 18.7. The fraction of sp³-hybridized carbons (Fsp3) is 0.500. The average molecular weight is 419 g/mol. The van der Waals surface area contributed by atoms with Crippen molar-refractivity contribution >= 4 is 27.0 Å². The van der Waals surface area contributed by atoms with E-state index in [0.29, 0.717) is 44.4 Å². The van der Waals surface area contributed by atoms with Gasteiger partial charge in [0.15, 0.2) is 0 Å². The zero-order valence-electron chi connectivity index (χ0n) is 16.2. The van der Waals surface area contributed by atoms with Gasteiger partial charge in [0.2, 0.25) is 10.0 Å². The number of aliphatic hydroxyl groups excluding tert-OH is 1. The van der Waals surface area contributed by atoms with E-state index in [9.17, 15) is 18.3 Å². The molecule has 2 aliphatic rings. The van der Waals surface area contributed by atoms with Crippen LogP contribution in [0.4, 0.5) is 4.79 Å². The normalized spacial score (nSPS) is 22.0. The Labute approximate surface area is 170 Å². The van der Waals surface area contributed by atoms with Crippen molar-refractivity contribution in [2.75, 3.05) is 26.2 Å². The molecule has 0 saturated carbocycles. The predicted octanol–water partition coefficient (Wildman–Crippen LogP) is 1.55. The highest BCUT2D eigenvalue weighted by Crippen LogP contribution is 2.26. The fourth-order valence-corrected chi connectivity index (χ4v) is 5.73. The molecule has 1 aromatic heterocycles. The van der Waals surface area contributed by atoms with Gasteiger partial charge >= 0.3 is 6.03 Å². The van der Waals surface area contributed by atoms with Crippen LogP contribution in [0.5, 0.6) is 0 Å². The van der Waals surface area contributed by atoms with Gasteiger partial charge in [0.1, 0.15) is 4.90 Å². The molecular formula is C20H26N4O4S. The number of aliphatic hydroxyl groups is 1. The summed E-state index contributed by atoms with van der Waals surface area (Å²) in [5.41, 5.74) is 0.466. The second-order valence-electron chi connectivity index (χ2n) is 7.70. The van der Waals surface area contributed by atoms with Crippen LogP contribution in [0.15, 0.2) is 41.4 Å². The van der Waals surface area contributed by atoms with Crippen LogP contribution in [0.1, 0.15) is 25.7 Å². The van der Waals surface area contributed by atoms with Gasteiger partial charge in [-0.1, -0.05) is 18.2 Å². The number of nitrogens with zero attached hydrogens (tertiary/aromatic N) is 3. The van der Waals surface area contributed by atoms with E-state index in [1.165, 1.54) is 4.31 Å². The Morgan fingerprint density at radius 2 is 1.86 bits per heavy atom. The maximum Gasteiger partial charge on any atom is 0.317 e. The lowest BCUT2D eigenvalue weighted by molar-refractivity contribution is 0.0920. The molecule has 29 heavy (non-hydrogen) atoms. The lowest BCUT2D eigenvalue weighted by Gasteiger charge is -2.35. The molecule has 2 N–H and O–H groups in total. The molecule has 2 saturated heterocycles. The Hall–Kier alpha value is -2.23. The molecule has 0 aliphatic carbocycles. The number of carbonyl (C=O) groups excluding carboxylic acids is 1. The lowest BCUT2D eigenvalue weighted by Crippen LogP contribution is -2.54. The van der Waals surface area contributed by atoms with Crippen molar-refractivity contribution in [3.8, 4) is 0 Å². The summed E-state index contributed by atoms with van der Waals surface area (Å²) in [5.74, 6) is 0. The van der Waals surface area contributed by atoms with Crippen molar-refractivity contribution in [2.24, 2.45) is 0 Å². The van der Waals surface area contributed by atoms with E-state index in [2.05, 4.69) is 10.3 Å². The Morgan fingerprint density at radius 1 is 1.10 bits per heavy atom. The van der Waals surface area contributed by atoms with Crippen LogP contribution < -0.4 is 5.32 Å². The third-order valence-electron chi connectivity index (χ3n) is 5.68. The first kappa shape index (κ1) is 20.1. The molecule has 4 rings (SSSR count). The van der Waals surface area contributed by atoms with E-state index in [-0.39, 0.29) is 29.6 Å². The van der Waals surface area contributed by atoms with Gasteiger partial charge in [-0.2, -0.15) is 4.31 Å². The Morgan fingerprint density at radius 3 is 2.66 bits per heavy atom. The minimum Gasteiger partial charge on any atom is -0.393 e. The number of aromatic nitrogens is 1. The van der Waals surface area contributed by atoms with E-state index >= 15 is 0 Å². The van der Waals surface area contributed by atoms with Gasteiger partial charge in [-0.15, -0.1) is 0 Å². The van der Waals surface area contributed by atoms with Crippen LogP contribution in [-0.4, -0.2) is 72.1 Å². The van der Waals surface area contributed by atoms with Crippen LogP contribution >= 0.6 is 0 Å². The molecule has 2 aromatic rings. The summed E-state index contributed by atoms with van der Waals surface area (Å²) in [6.45, 7) is 1.70. The smallest absolute Gasteiger partial charge is 0.317 e. The molecule has 2 aliphatic heterocycles. The molecular weight excluding hydrogens is 392 g/mol. The van der Waals surface area contributed by atoms with Crippen LogP contribution in [0.25, 0.3) is 10.9 Å². The average Bonchev–Trinajstić information content (AvgIpc) is 2.74. The maximum atomic E-state index is 13.3. The number of likely N-dealkylation sites (tertiary alicyclic amines) is 1. The number of hydrogen-bond donors (Lipinski definition) is 2. The molecule has 0 bridgehead atoms. The fourth-order valence-electron chi connectivity index (χ4n) is 4.04. The van der Waals surface area contributed by atoms with Crippen LogP contribution in [0.2, 0.25) is 0 Å². The molecule has 0 radical (unpaired) electrons. The van der Waals surface area contributed by atoms with Gasteiger partial charge in [0.25, 0.3) is 0 Å². The summed E-state index contributed by atoms with van der Waals surface area (Å²) < 4.78 is 28.1. The number of amides is 2. The molecule has 1 atom stereocenters. The number of rotatable bonds is 3. The molecule has 3 heterocycles. The standard InChI is InChI=1S/C20H26N4O4S/c25-17-8-12-23(13-9-17)20(26)22-16-6-3-11-24(14-16)29(27,28)18-7-1-4-15-5-2-10-21-19(15)18/h1-2,4-5,7,10,16-17,25H,3,6,8-9,11-14H2,(H,22,26). The van der Waals surface area contributed by atoms with Gasteiger partial charge in [-0.05, 0) is 37.8 Å². The minimum absolute atomic E-state index is 0.187. The van der Waals surface area contributed by atoms with Gasteiger partial charge in [-0.3, -0.25) is 4.98 Å². The van der Waals surface area contributed by atoms with E-state index in [4.69, 9.17) is 0 Å². The number of piperidine rings is 2. The molecule has 156 valence electrons. The number of benzene rings is 1.